The molecule has 2 N–H and O–H groups in total. The number of aryl methyl sites for hydroxylation is 1. The molecule has 4 rings (SSSR count). The first-order valence-corrected chi connectivity index (χ1v) is 12.2. The number of ether oxygens (including phenoxy) is 2. The molecule has 0 aliphatic carbocycles. The van der Waals surface area contributed by atoms with Crippen LogP contribution in [0.15, 0.2) is 70.6 Å². The molecule has 0 amide bonds. The van der Waals surface area contributed by atoms with Crippen molar-refractivity contribution < 1.29 is 41.7 Å². The van der Waals surface area contributed by atoms with Gasteiger partial charge in [-0.15, -0.1) is 0 Å². The van der Waals surface area contributed by atoms with E-state index in [0.717, 1.165) is 4.57 Å². The fraction of sp³-hybridized carbons (Fsp3) is 0.273. The maximum Gasteiger partial charge on any atom is 0.527 e. The van der Waals surface area contributed by atoms with Gasteiger partial charge in [0.25, 0.3) is 5.56 Å². The van der Waals surface area contributed by atoms with E-state index in [1.807, 2.05) is 4.98 Å². The number of hydrogen-bond acceptors (Lipinski definition) is 8. The van der Waals surface area contributed by atoms with Gasteiger partial charge >= 0.3 is 19.5 Å². The van der Waals surface area contributed by atoms with E-state index in [4.69, 9.17) is 18.5 Å². The monoisotopic (exact) mass is 522 g/mol. The van der Waals surface area contributed by atoms with Crippen molar-refractivity contribution in [1.82, 2.24) is 9.55 Å². The van der Waals surface area contributed by atoms with Gasteiger partial charge in [-0.25, -0.2) is 18.7 Å². The first-order valence-electron chi connectivity index (χ1n) is 10.7. The molecule has 1 unspecified atom stereocenters. The molecule has 0 radical (unpaired) electrons. The van der Waals surface area contributed by atoms with Crippen LogP contribution in [0.2, 0.25) is 0 Å². The Balaban J connectivity index is 1.52. The third-order valence-corrected chi connectivity index (χ3v) is 6.14. The smallest absolute Gasteiger partial charge is 0.456 e. The van der Waals surface area contributed by atoms with Crippen LogP contribution >= 0.6 is 7.82 Å². The highest BCUT2D eigenvalue weighted by Gasteiger charge is 2.41. The maximum atomic E-state index is 13.8. The number of phosphoric acid groups is 1. The van der Waals surface area contributed by atoms with Crippen molar-refractivity contribution in [3.05, 3.63) is 93.3 Å². The number of nitrogens with zero attached hydrogens (tertiary/aromatic N) is 2. The molecule has 1 fully saturated rings. The number of aromatic amines is 1. The molecule has 1 aliphatic rings. The molecule has 14 heteroatoms. The Morgan fingerprint density at radius 2 is 2.03 bits per heavy atom. The average molecular weight is 522 g/mol. The fourth-order valence-corrected chi connectivity index (χ4v) is 4.30. The molecular weight excluding hydrogens is 500 g/mol. The van der Waals surface area contributed by atoms with Crippen molar-refractivity contribution in [2.75, 3.05) is 6.61 Å². The van der Waals surface area contributed by atoms with Crippen LogP contribution in [-0.4, -0.2) is 39.2 Å². The Bertz CT molecular complexity index is 1410. The molecule has 190 valence electrons. The Hall–Kier alpha value is -3.64. The van der Waals surface area contributed by atoms with Crippen molar-refractivity contribution in [1.29, 1.82) is 0 Å². The summed E-state index contributed by atoms with van der Waals surface area (Å²) in [6.45, 7) is -0.573. The van der Waals surface area contributed by atoms with Gasteiger partial charge < -0.3 is 14.0 Å². The van der Waals surface area contributed by atoms with E-state index in [-0.39, 0.29) is 17.7 Å². The fourth-order valence-electron chi connectivity index (χ4n) is 3.54. The topological polar surface area (TPSA) is 150 Å². The second kappa shape index (κ2) is 10.5. The largest absolute Gasteiger partial charge is 0.527 e. The van der Waals surface area contributed by atoms with Crippen LogP contribution < -0.4 is 20.3 Å². The molecule has 1 aliphatic heterocycles. The van der Waals surface area contributed by atoms with Crippen LogP contribution in [0, 0.1) is 5.82 Å². The Labute approximate surface area is 203 Å². The summed E-state index contributed by atoms with van der Waals surface area (Å²) in [5.74, 6) is -1.87. The quantitative estimate of drug-likeness (QED) is 0.253. The average Bonchev–Trinajstić information content (AvgIpc) is 3.22. The van der Waals surface area contributed by atoms with Crippen molar-refractivity contribution in [2.24, 2.45) is 7.05 Å². The van der Waals surface area contributed by atoms with Gasteiger partial charge in [0.15, 0.2) is 11.9 Å². The van der Waals surface area contributed by atoms with Crippen molar-refractivity contribution in [3.63, 3.8) is 0 Å². The van der Waals surface area contributed by atoms with E-state index in [2.05, 4.69) is 0 Å². The minimum atomic E-state index is -4.63. The lowest BCUT2D eigenvalue weighted by Gasteiger charge is -2.20. The van der Waals surface area contributed by atoms with E-state index in [0.29, 0.717) is 6.20 Å². The molecule has 1 aromatic carbocycles. The Morgan fingerprint density at radius 1 is 1.28 bits per heavy atom. The predicted molar refractivity (Wildman–Crippen MR) is 119 cm³/mol. The Morgan fingerprint density at radius 3 is 2.75 bits per heavy atom. The number of esters is 1. The molecule has 36 heavy (non-hydrogen) atoms. The number of aromatic nitrogens is 3. The second-order valence-corrected chi connectivity index (χ2v) is 9.26. The predicted octanol–water partition coefficient (Wildman–Crippen LogP) is 1.21. The highest BCUT2D eigenvalue weighted by molar-refractivity contribution is 7.47. The number of carbonyl (C=O) groups is 1. The normalized spacial score (nSPS) is 21.0. The summed E-state index contributed by atoms with van der Waals surface area (Å²) in [5, 5.41) is 0. The summed E-state index contributed by atoms with van der Waals surface area (Å²) < 4.78 is 50.0. The standard InChI is InChI=1S/C22H21FN3O9P/c1-25-9-5-8-15(11-25)35-36(30,31)32-13-18-17(34-21(28)14-6-3-2-4-7-14)10-19(33-18)26-12-16(23)20(27)24-22(26)29/h2-9,11-12,17-19H,10,13H2,1H3,(H-,24,27,29,30,31)/p+1/t17-,18+,19+/m0/s1. The summed E-state index contributed by atoms with van der Waals surface area (Å²) in [5.41, 5.74) is -1.91. The number of H-pyrrole nitrogens is 1. The minimum Gasteiger partial charge on any atom is -0.456 e. The van der Waals surface area contributed by atoms with Gasteiger partial charge in [0, 0.05) is 12.5 Å². The van der Waals surface area contributed by atoms with E-state index in [1.54, 1.807) is 42.1 Å². The number of benzene rings is 1. The van der Waals surface area contributed by atoms with Gasteiger partial charge in [-0.05, 0) is 18.2 Å². The highest BCUT2D eigenvalue weighted by atomic mass is 31.2. The van der Waals surface area contributed by atoms with Crippen LogP contribution in [0.4, 0.5) is 4.39 Å². The zero-order valence-electron chi connectivity index (χ0n) is 18.9. The van der Waals surface area contributed by atoms with Crippen molar-refractivity contribution >= 4 is 13.8 Å². The van der Waals surface area contributed by atoms with Crippen LogP contribution in [0.3, 0.4) is 0 Å². The molecule has 4 atom stereocenters. The van der Waals surface area contributed by atoms with Crippen LogP contribution in [0.1, 0.15) is 23.0 Å². The SMILES string of the molecule is C[n+]1cccc(OP(=O)(O)OC[C@H]2O[C@@H](n3cc(F)c(=O)[nH]c3=O)C[C@@H]2OC(=O)c2ccccc2)c1. The van der Waals surface area contributed by atoms with E-state index in [1.165, 1.54) is 24.4 Å². The molecule has 3 aromatic rings. The molecule has 12 nitrogen and oxygen atoms in total. The van der Waals surface area contributed by atoms with Gasteiger partial charge in [0.2, 0.25) is 12.0 Å². The summed E-state index contributed by atoms with van der Waals surface area (Å²) in [4.78, 5) is 48.1. The number of halogens is 1. The first kappa shape index (κ1) is 25.5. The van der Waals surface area contributed by atoms with Gasteiger partial charge in [-0.1, -0.05) is 18.2 Å². The van der Waals surface area contributed by atoms with Crippen molar-refractivity contribution in [3.8, 4) is 5.75 Å². The lowest BCUT2D eigenvalue weighted by molar-refractivity contribution is -0.671. The van der Waals surface area contributed by atoms with Gasteiger partial charge in [-0.2, -0.15) is 4.39 Å². The summed E-state index contributed by atoms with van der Waals surface area (Å²) in [6, 6.07) is 11.1. The minimum absolute atomic E-state index is 0.0679. The third kappa shape index (κ3) is 6.13. The summed E-state index contributed by atoms with van der Waals surface area (Å²) in [6.07, 6.45) is 0.313. The Kier molecular flexibility index (Phi) is 7.45. The highest BCUT2D eigenvalue weighted by Crippen LogP contribution is 2.44. The van der Waals surface area contributed by atoms with E-state index >= 15 is 0 Å². The lowest BCUT2D eigenvalue weighted by atomic mass is 10.1. The molecular formula is C22H22FN3O9P+. The number of rotatable bonds is 8. The van der Waals surface area contributed by atoms with Crippen LogP contribution in [-0.2, 0) is 25.6 Å². The molecule has 1 saturated heterocycles. The van der Waals surface area contributed by atoms with Gasteiger partial charge in [0.1, 0.15) is 25.5 Å². The van der Waals surface area contributed by atoms with Crippen LogP contribution in [0.25, 0.3) is 0 Å². The molecule has 0 bridgehead atoms. The molecule has 0 spiro atoms. The number of phosphoric ester groups is 1. The van der Waals surface area contributed by atoms with Gasteiger partial charge in [0.05, 0.1) is 18.4 Å². The number of hydrogen-bond donors (Lipinski definition) is 2. The van der Waals surface area contributed by atoms with E-state index < -0.39 is 55.9 Å². The van der Waals surface area contributed by atoms with Crippen LogP contribution in [0.5, 0.6) is 5.75 Å². The number of nitrogens with one attached hydrogen (secondary N) is 1. The summed E-state index contributed by atoms with van der Waals surface area (Å²) in [7, 11) is -2.94. The van der Waals surface area contributed by atoms with E-state index in [9.17, 15) is 28.2 Å². The van der Waals surface area contributed by atoms with Crippen molar-refractivity contribution in [2.45, 2.75) is 24.9 Å². The number of pyridine rings is 1. The van der Waals surface area contributed by atoms with Gasteiger partial charge in [-0.3, -0.25) is 23.8 Å². The summed E-state index contributed by atoms with van der Waals surface area (Å²) >= 11 is 0. The lowest BCUT2D eigenvalue weighted by Crippen LogP contribution is -2.34. The number of carbonyl (C=O) groups excluding carboxylic acids is 1. The third-order valence-electron chi connectivity index (χ3n) is 5.22. The molecule has 2 aromatic heterocycles. The second-order valence-electron chi connectivity index (χ2n) is 7.88. The molecule has 0 saturated carbocycles. The first-order chi connectivity index (χ1) is 17.1. The maximum absolute atomic E-state index is 13.8. The zero-order chi connectivity index (χ0) is 25.9. The molecule has 3 heterocycles. The zero-order valence-corrected chi connectivity index (χ0v) is 19.7.